The Morgan fingerprint density at radius 2 is 1.72 bits per heavy atom. The fourth-order valence-corrected chi connectivity index (χ4v) is 3.28. The molecule has 3 rings (SSSR count). The SMILES string of the molecule is CS(=O)(=O)Nc1ccc(OC[C@H](O)CNCCOc2ccc(-n3ccnc3)cc2)cc1.Cl. The van der Waals surface area contributed by atoms with Gasteiger partial charge in [-0.25, -0.2) is 13.4 Å². The van der Waals surface area contributed by atoms with Gasteiger partial charge in [-0.05, 0) is 48.5 Å². The van der Waals surface area contributed by atoms with Gasteiger partial charge < -0.3 is 24.5 Å². The second-order valence-corrected chi connectivity index (χ2v) is 8.63. The van der Waals surface area contributed by atoms with Gasteiger partial charge in [0.15, 0.2) is 0 Å². The van der Waals surface area contributed by atoms with Crippen molar-refractivity contribution in [1.82, 2.24) is 14.9 Å². The van der Waals surface area contributed by atoms with Gasteiger partial charge >= 0.3 is 0 Å². The zero-order valence-electron chi connectivity index (χ0n) is 17.5. The van der Waals surface area contributed by atoms with Gasteiger partial charge in [-0.2, -0.15) is 0 Å². The third kappa shape index (κ3) is 8.75. The smallest absolute Gasteiger partial charge is 0.229 e. The van der Waals surface area contributed by atoms with Crippen molar-refractivity contribution >= 4 is 28.1 Å². The Balaban J connectivity index is 0.00000363. The molecule has 0 aliphatic rings. The number of halogens is 1. The summed E-state index contributed by atoms with van der Waals surface area (Å²) in [5, 5.41) is 13.1. The number of nitrogens with one attached hydrogen (secondary N) is 2. The maximum absolute atomic E-state index is 11.2. The summed E-state index contributed by atoms with van der Waals surface area (Å²) in [4.78, 5) is 4.02. The first-order valence-electron chi connectivity index (χ1n) is 9.70. The molecule has 0 bridgehead atoms. The lowest BCUT2D eigenvalue weighted by molar-refractivity contribution is 0.105. The summed E-state index contributed by atoms with van der Waals surface area (Å²) in [6.45, 7) is 1.51. The van der Waals surface area contributed by atoms with E-state index in [0.29, 0.717) is 31.1 Å². The van der Waals surface area contributed by atoms with Gasteiger partial charge in [0.05, 0.1) is 12.6 Å². The van der Waals surface area contributed by atoms with Gasteiger partial charge in [-0.3, -0.25) is 4.72 Å². The number of aromatic nitrogens is 2. The monoisotopic (exact) mass is 482 g/mol. The Morgan fingerprint density at radius 1 is 1.06 bits per heavy atom. The van der Waals surface area contributed by atoms with E-state index >= 15 is 0 Å². The molecule has 2 aromatic carbocycles. The molecule has 0 aliphatic heterocycles. The lowest BCUT2D eigenvalue weighted by atomic mass is 10.3. The van der Waals surface area contributed by atoms with Crippen LogP contribution in [0.4, 0.5) is 5.69 Å². The second-order valence-electron chi connectivity index (χ2n) is 6.88. The van der Waals surface area contributed by atoms with E-state index < -0.39 is 16.1 Å². The Hall–Kier alpha value is -2.79. The summed E-state index contributed by atoms with van der Waals surface area (Å²) in [5.41, 5.74) is 1.46. The highest BCUT2D eigenvalue weighted by atomic mass is 35.5. The Labute approximate surface area is 193 Å². The molecule has 0 saturated heterocycles. The minimum Gasteiger partial charge on any atom is -0.492 e. The van der Waals surface area contributed by atoms with E-state index in [0.717, 1.165) is 17.7 Å². The first-order valence-corrected chi connectivity index (χ1v) is 11.6. The normalized spacial score (nSPS) is 11.9. The molecule has 0 unspecified atom stereocenters. The number of rotatable bonds is 12. The van der Waals surface area contributed by atoms with E-state index in [9.17, 15) is 13.5 Å². The van der Waals surface area contributed by atoms with Gasteiger partial charge in [0.2, 0.25) is 10.0 Å². The Kier molecular flexibility index (Phi) is 9.79. The van der Waals surface area contributed by atoms with Crippen LogP contribution in [0.5, 0.6) is 11.5 Å². The topological polar surface area (TPSA) is 115 Å². The molecule has 1 atom stereocenters. The van der Waals surface area contributed by atoms with Crippen LogP contribution in [0.1, 0.15) is 0 Å². The summed E-state index contributed by atoms with van der Waals surface area (Å²) in [5.74, 6) is 1.31. The zero-order valence-corrected chi connectivity index (χ0v) is 19.2. The highest BCUT2D eigenvalue weighted by Gasteiger charge is 2.06. The van der Waals surface area contributed by atoms with Crippen LogP contribution in [-0.4, -0.2) is 61.7 Å². The fourth-order valence-electron chi connectivity index (χ4n) is 2.72. The van der Waals surface area contributed by atoms with Gasteiger partial charge in [0, 0.05) is 36.9 Å². The molecule has 1 aromatic heterocycles. The van der Waals surface area contributed by atoms with Crippen molar-refractivity contribution < 1.29 is 23.0 Å². The van der Waals surface area contributed by atoms with Crippen LogP contribution < -0.4 is 19.5 Å². The van der Waals surface area contributed by atoms with Gasteiger partial charge in [0.25, 0.3) is 0 Å². The molecular formula is C21H27ClN4O5S. The van der Waals surface area contributed by atoms with Gasteiger partial charge in [-0.15, -0.1) is 12.4 Å². The number of aliphatic hydroxyl groups is 1. The van der Waals surface area contributed by atoms with Crippen LogP contribution >= 0.6 is 12.4 Å². The molecule has 1 heterocycles. The molecular weight excluding hydrogens is 456 g/mol. The Morgan fingerprint density at radius 3 is 2.34 bits per heavy atom. The van der Waals surface area contributed by atoms with Crippen molar-refractivity contribution in [3.8, 4) is 17.2 Å². The number of imidazole rings is 1. The summed E-state index contributed by atoms with van der Waals surface area (Å²) in [6, 6.07) is 14.2. The molecule has 3 aromatic rings. The van der Waals surface area contributed by atoms with E-state index in [4.69, 9.17) is 9.47 Å². The highest BCUT2D eigenvalue weighted by molar-refractivity contribution is 7.92. The van der Waals surface area contributed by atoms with Crippen molar-refractivity contribution in [1.29, 1.82) is 0 Å². The molecule has 0 fully saturated rings. The largest absolute Gasteiger partial charge is 0.492 e. The molecule has 32 heavy (non-hydrogen) atoms. The predicted octanol–water partition coefficient (Wildman–Crippen LogP) is 2.07. The molecule has 11 heteroatoms. The Bertz CT molecular complexity index is 1030. The number of hydrogen-bond acceptors (Lipinski definition) is 7. The number of benzene rings is 2. The average Bonchev–Trinajstić information content (AvgIpc) is 3.27. The van der Waals surface area contributed by atoms with Crippen LogP contribution in [0.3, 0.4) is 0 Å². The highest BCUT2D eigenvalue weighted by Crippen LogP contribution is 2.17. The first kappa shape index (κ1) is 25.5. The van der Waals surface area contributed by atoms with Crippen LogP contribution in [0, 0.1) is 0 Å². The summed E-state index contributed by atoms with van der Waals surface area (Å²) < 4.78 is 37.9. The third-order valence-electron chi connectivity index (χ3n) is 4.17. The molecule has 9 nitrogen and oxygen atoms in total. The number of ether oxygens (including phenoxy) is 2. The van der Waals surface area contributed by atoms with E-state index in [2.05, 4.69) is 15.0 Å². The van der Waals surface area contributed by atoms with E-state index in [-0.39, 0.29) is 19.0 Å². The summed E-state index contributed by atoms with van der Waals surface area (Å²) >= 11 is 0. The number of anilines is 1. The summed E-state index contributed by atoms with van der Waals surface area (Å²) in [7, 11) is -3.31. The van der Waals surface area contributed by atoms with Gasteiger partial charge in [0.1, 0.15) is 30.8 Å². The average molecular weight is 483 g/mol. The van der Waals surface area contributed by atoms with Crippen molar-refractivity contribution in [2.75, 3.05) is 37.3 Å². The zero-order chi connectivity index (χ0) is 22.1. The van der Waals surface area contributed by atoms with Gasteiger partial charge in [-0.1, -0.05) is 0 Å². The second kappa shape index (κ2) is 12.3. The summed E-state index contributed by atoms with van der Waals surface area (Å²) in [6.07, 6.45) is 5.73. The lowest BCUT2D eigenvalue weighted by Gasteiger charge is -2.14. The number of sulfonamides is 1. The molecule has 0 radical (unpaired) electrons. The van der Waals surface area contributed by atoms with Crippen molar-refractivity contribution in [2.24, 2.45) is 0 Å². The quantitative estimate of drug-likeness (QED) is 0.338. The fraction of sp³-hybridized carbons (Fsp3) is 0.286. The number of hydrogen-bond donors (Lipinski definition) is 3. The molecule has 0 spiro atoms. The standard InChI is InChI=1S/C21H26N4O5S.ClH/c1-31(27,28)24-17-2-6-21(7-3-17)30-15-19(26)14-22-11-13-29-20-8-4-18(5-9-20)25-12-10-23-16-25;/h2-10,12,16,19,22,24,26H,11,13-15H2,1H3;1H/t19-;/m1./s1. The van der Waals surface area contributed by atoms with E-state index in [1.807, 2.05) is 35.0 Å². The molecule has 3 N–H and O–H groups in total. The van der Waals surface area contributed by atoms with Crippen LogP contribution in [-0.2, 0) is 10.0 Å². The van der Waals surface area contributed by atoms with E-state index in [1.54, 1.807) is 36.8 Å². The molecule has 174 valence electrons. The van der Waals surface area contributed by atoms with Crippen molar-refractivity contribution in [3.05, 3.63) is 67.3 Å². The van der Waals surface area contributed by atoms with Crippen LogP contribution in [0.25, 0.3) is 5.69 Å². The van der Waals surface area contributed by atoms with Crippen LogP contribution in [0.2, 0.25) is 0 Å². The maximum Gasteiger partial charge on any atom is 0.229 e. The number of nitrogens with zero attached hydrogens (tertiary/aromatic N) is 2. The number of aliphatic hydroxyl groups excluding tert-OH is 1. The minimum atomic E-state index is -3.31. The molecule has 0 aliphatic carbocycles. The van der Waals surface area contributed by atoms with E-state index in [1.165, 1.54) is 0 Å². The first-order chi connectivity index (χ1) is 14.9. The minimum absolute atomic E-state index is 0. The third-order valence-corrected chi connectivity index (χ3v) is 4.77. The maximum atomic E-state index is 11.2. The van der Waals surface area contributed by atoms with Crippen LogP contribution in [0.15, 0.2) is 67.3 Å². The predicted molar refractivity (Wildman–Crippen MR) is 126 cm³/mol. The molecule has 0 amide bonds. The lowest BCUT2D eigenvalue weighted by Crippen LogP contribution is -2.33. The van der Waals surface area contributed by atoms with Crippen molar-refractivity contribution in [2.45, 2.75) is 6.10 Å². The molecule has 0 saturated carbocycles. The van der Waals surface area contributed by atoms with Crippen molar-refractivity contribution in [3.63, 3.8) is 0 Å².